The highest BCUT2D eigenvalue weighted by atomic mass is 16.3. The van der Waals surface area contributed by atoms with E-state index < -0.39 is 6.10 Å². The first-order valence-corrected chi connectivity index (χ1v) is 5.37. The van der Waals surface area contributed by atoms with Crippen LogP contribution < -0.4 is 11.1 Å². The molecule has 5 N–H and O–H groups in total. The summed E-state index contributed by atoms with van der Waals surface area (Å²) in [5.41, 5.74) is 8.01. The molecule has 1 atom stereocenters. The molecule has 5 nitrogen and oxygen atoms in total. The van der Waals surface area contributed by atoms with Crippen molar-refractivity contribution in [1.29, 1.82) is 0 Å². The molecule has 0 saturated carbocycles. The van der Waals surface area contributed by atoms with E-state index in [1.54, 1.807) is 18.3 Å². The Bertz CT molecular complexity index is 516. The van der Waals surface area contributed by atoms with Crippen LogP contribution in [-0.4, -0.2) is 34.5 Å². The lowest BCUT2D eigenvalue weighted by molar-refractivity contribution is 0.105. The largest absolute Gasteiger partial charge is 0.399 e. The molecule has 0 bridgehead atoms. The maximum atomic E-state index is 9.29. The van der Waals surface area contributed by atoms with E-state index in [-0.39, 0.29) is 6.61 Å². The number of nitrogens with two attached hydrogens (primary N) is 1. The number of pyridine rings is 1. The number of fused-ring (bicyclic) bond motifs is 1. The first kappa shape index (κ1) is 11.6. The molecule has 0 amide bonds. The van der Waals surface area contributed by atoms with Crippen LogP contribution in [0.5, 0.6) is 0 Å². The van der Waals surface area contributed by atoms with Gasteiger partial charge in [0.1, 0.15) is 0 Å². The third-order valence-electron chi connectivity index (χ3n) is 2.51. The molecule has 0 aliphatic heterocycles. The van der Waals surface area contributed by atoms with E-state index in [4.69, 9.17) is 10.8 Å². The lowest BCUT2D eigenvalue weighted by Crippen LogP contribution is -2.23. The summed E-state index contributed by atoms with van der Waals surface area (Å²) in [7, 11) is 0. The molecule has 1 aromatic heterocycles. The molecule has 0 saturated heterocycles. The SMILES string of the molecule is Nc1ccc2c(NCC(O)CO)ccnc2c1. The van der Waals surface area contributed by atoms with Crippen LogP contribution in [0.25, 0.3) is 10.9 Å². The van der Waals surface area contributed by atoms with Gasteiger partial charge in [0.2, 0.25) is 0 Å². The molecule has 5 heteroatoms. The second kappa shape index (κ2) is 4.99. The number of aliphatic hydroxyl groups excluding tert-OH is 2. The molecule has 0 radical (unpaired) electrons. The fourth-order valence-electron chi connectivity index (χ4n) is 1.61. The third kappa shape index (κ3) is 2.64. The van der Waals surface area contributed by atoms with Gasteiger partial charge in [-0.15, -0.1) is 0 Å². The van der Waals surface area contributed by atoms with E-state index in [1.807, 2.05) is 12.1 Å². The van der Waals surface area contributed by atoms with E-state index >= 15 is 0 Å². The van der Waals surface area contributed by atoms with E-state index in [9.17, 15) is 5.11 Å². The zero-order chi connectivity index (χ0) is 12.3. The number of rotatable bonds is 4. The van der Waals surface area contributed by atoms with Crippen molar-refractivity contribution < 1.29 is 10.2 Å². The van der Waals surface area contributed by atoms with Crippen LogP contribution in [-0.2, 0) is 0 Å². The van der Waals surface area contributed by atoms with Crippen LogP contribution in [0.2, 0.25) is 0 Å². The van der Waals surface area contributed by atoms with Gasteiger partial charge in [-0.25, -0.2) is 0 Å². The summed E-state index contributed by atoms with van der Waals surface area (Å²) in [6, 6.07) is 7.30. The summed E-state index contributed by atoms with van der Waals surface area (Å²) >= 11 is 0. The third-order valence-corrected chi connectivity index (χ3v) is 2.51. The van der Waals surface area contributed by atoms with Gasteiger partial charge in [-0.2, -0.15) is 0 Å². The lowest BCUT2D eigenvalue weighted by atomic mass is 10.1. The van der Waals surface area contributed by atoms with Crippen molar-refractivity contribution in [2.24, 2.45) is 0 Å². The fraction of sp³-hybridized carbons (Fsp3) is 0.250. The molecular formula is C12H15N3O2. The molecule has 0 spiro atoms. The summed E-state index contributed by atoms with van der Waals surface area (Å²) in [6.07, 6.45) is 0.905. The van der Waals surface area contributed by atoms with Crippen molar-refractivity contribution in [2.75, 3.05) is 24.2 Å². The van der Waals surface area contributed by atoms with Gasteiger partial charge in [0.25, 0.3) is 0 Å². The monoisotopic (exact) mass is 233 g/mol. The Morgan fingerprint density at radius 3 is 2.94 bits per heavy atom. The van der Waals surface area contributed by atoms with Crippen LogP contribution >= 0.6 is 0 Å². The molecule has 2 rings (SSSR count). The summed E-state index contributed by atoms with van der Waals surface area (Å²) in [5, 5.41) is 22.0. The van der Waals surface area contributed by atoms with Gasteiger partial charge in [0.05, 0.1) is 18.2 Å². The molecular weight excluding hydrogens is 218 g/mol. The van der Waals surface area contributed by atoms with E-state index in [0.29, 0.717) is 12.2 Å². The fourth-order valence-corrected chi connectivity index (χ4v) is 1.61. The minimum absolute atomic E-state index is 0.261. The molecule has 0 aliphatic rings. The number of aliphatic hydroxyl groups is 2. The van der Waals surface area contributed by atoms with Gasteiger partial charge >= 0.3 is 0 Å². The predicted octanol–water partition coefficient (Wildman–Crippen LogP) is 0.582. The molecule has 90 valence electrons. The second-order valence-electron chi connectivity index (χ2n) is 3.85. The van der Waals surface area contributed by atoms with Gasteiger partial charge < -0.3 is 21.3 Å². The zero-order valence-electron chi connectivity index (χ0n) is 9.30. The van der Waals surface area contributed by atoms with Crippen LogP contribution in [0.1, 0.15) is 0 Å². The number of anilines is 2. The van der Waals surface area contributed by atoms with E-state index in [2.05, 4.69) is 10.3 Å². The van der Waals surface area contributed by atoms with Gasteiger partial charge in [0.15, 0.2) is 0 Å². The second-order valence-corrected chi connectivity index (χ2v) is 3.85. The number of nitrogens with zero attached hydrogens (tertiary/aromatic N) is 1. The van der Waals surface area contributed by atoms with Gasteiger partial charge in [-0.3, -0.25) is 4.98 Å². The van der Waals surface area contributed by atoms with Crippen molar-refractivity contribution in [3.05, 3.63) is 30.5 Å². The number of nitrogen functional groups attached to an aromatic ring is 1. The van der Waals surface area contributed by atoms with E-state index in [1.165, 1.54) is 0 Å². The number of nitrogens with one attached hydrogen (secondary N) is 1. The number of hydrogen-bond acceptors (Lipinski definition) is 5. The summed E-state index contributed by atoms with van der Waals surface area (Å²) < 4.78 is 0. The van der Waals surface area contributed by atoms with Crippen molar-refractivity contribution in [3.8, 4) is 0 Å². The minimum Gasteiger partial charge on any atom is -0.399 e. The normalized spacial score (nSPS) is 12.6. The van der Waals surface area contributed by atoms with Crippen LogP contribution in [0.15, 0.2) is 30.5 Å². The highest BCUT2D eigenvalue weighted by Crippen LogP contribution is 2.23. The molecule has 0 aliphatic carbocycles. The standard InChI is InChI=1S/C12H15N3O2/c13-8-1-2-10-11(15-6-9(17)7-16)3-4-14-12(10)5-8/h1-5,9,16-17H,6-7,13H2,(H,14,15). The molecule has 1 heterocycles. The van der Waals surface area contributed by atoms with Crippen LogP contribution in [0.4, 0.5) is 11.4 Å². The first-order valence-electron chi connectivity index (χ1n) is 5.37. The molecule has 2 aromatic rings. The number of benzene rings is 1. The quantitative estimate of drug-likeness (QED) is 0.580. The molecule has 1 unspecified atom stereocenters. The zero-order valence-corrected chi connectivity index (χ0v) is 9.30. The molecule has 1 aromatic carbocycles. The highest BCUT2D eigenvalue weighted by Gasteiger charge is 2.05. The number of aromatic nitrogens is 1. The number of hydrogen-bond donors (Lipinski definition) is 4. The van der Waals surface area contributed by atoms with Gasteiger partial charge in [-0.05, 0) is 24.3 Å². The summed E-state index contributed by atoms with van der Waals surface area (Å²) in [4.78, 5) is 4.22. The lowest BCUT2D eigenvalue weighted by Gasteiger charge is -2.12. The summed E-state index contributed by atoms with van der Waals surface area (Å²) in [6.45, 7) is 0.0307. The minimum atomic E-state index is -0.771. The highest BCUT2D eigenvalue weighted by molar-refractivity contribution is 5.92. The Kier molecular flexibility index (Phi) is 3.41. The van der Waals surface area contributed by atoms with Gasteiger partial charge in [0, 0.05) is 29.5 Å². The van der Waals surface area contributed by atoms with Crippen molar-refractivity contribution in [1.82, 2.24) is 4.98 Å². The Morgan fingerprint density at radius 2 is 2.18 bits per heavy atom. The first-order chi connectivity index (χ1) is 8.20. The van der Waals surface area contributed by atoms with Crippen molar-refractivity contribution in [3.63, 3.8) is 0 Å². The average Bonchev–Trinajstić information content (AvgIpc) is 2.35. The smallest absolute Gasteiger partial charge is 0.0942 e. The van der Waals surface area contributed by atoms with E-state index in [0.717, 1.165) is 16.6 Å². The Balaban J connectivity index is 2.28. The molecule has 0 fully saturated rings. The topological polar surface area (TPSA) is 91.4 Å². The van der Waals surface area contributed by atoms with Crippen molar-refractivity contribution >= 4 is 22.3 Å². The maximum Gasteiger partial charge on any atom is 0.0942 e. The molecule has 17 heavy (non-hydrogen) atoms. The van der Waals surface area contributed by atoms with Crippen molar-refractivity contribution in [2.45, 2.75) is 6.10 Å². The Labute approximate surface area is 98.9 Å². The Hall–Kier alpha value is -1.85. The Morgan fingerprint density at radius 1 is 1.35 bits per heavy atom. The van der Waals surface area contributed by atoms with Crippen LogP contribution in [0, 0.1) is 0 Å². The van der Waals surface area contributed by atoms with Crippen LogP contribution in [0.3, 0.4) is 0 Å². The van der Waals surface area contributed by atoms with Gasteiger partial charge in [-0.1, -0.05) is 0 Å². The summed E-state index contributed by atoms with van der Waals surface area (Å²) in [5.74, 6) is 0. The maximum absolute atomic E-state index is 9.29. The average molecular weight is 233 g/mol. The predicted molar refractivity (Wildman–Crippen MR) is 67.7 cm³/mol.